The zero-order chi connectivity index (χ0) is 20.4. The minimum Gasteiger partial charge on any atom is -0.378 e. The second-order valence-electron chi connectivity index (χ2n) is 8.58. The number of carbonyl (C=O) groups is 2. The molecule has 1 heterocycles. The van der Waals surface area contributed by atoms with E-state index >= 15 is 0 Å². The first-order chi connectivity index (χ1) is 13.3. The van der Waals surface area contributed by atoms with Gasteiger partial charge in [0.25, 0.3) is 5.91 Å². The van der Waals surface area contributed by atoms with Crippen LogP contribution in [-0.2, 0) is 9.53 Å². The van der Waals surface area contributed by atoms with Gasteiger partial charge in [0.05, 0.1) is 6.10 Å². The molecule has 2 atom stereocenters. The van der Waals surface area contributed by atoms with Gasteiger partial charge in [0, 0.05) is 42.8 Å². The highest BCUT2D eigenvalue weighted by Crippen LogP contribution is 2.50. The van der Waals surface area contributed by atoms with Crippen LogP contribution in [0.15, 0.2) is 24.3 Å². The van der Waals surface area contributed by atoms with Gasteiger partial charge in [-0.25, -0.2) is 0 Å². The average Bonchev–Trinajstić information content (AvgIpc) is 2.97. The van der Waals surface area contributed by atoms with Crippen molar-refractivity contribution < 1.29 is 14.3 Å². The molecule has 28 heavy (non-hydrogen) atoms. The predicted octanol–water partition coefficient (Wildman–Crippen LogP) is 3.17. The molecule has 1 aliphatic carbocycles. The van der Waals surface area contributed by atoms with Crippen LogP contribution in [-0.4, -0.2) is 48.1 Å². The SMILES string of the molecule is CCOC1CC(N)(C(=O)Nc2ccc(C(=O)N3CCCCCC3)cc2)C1(C)C. The van der Waals surface area contributed by atoms with Crippen LogP contribution < -0.4 is 11.1 Å². The van der Waals surface area contributed by atoms with Crippen LogP contribution in [0.2, 0.25) is 0 Å². The molecule has 2 aliphatic rings. The summed E-state index contributed by atoms with van der Waals surface area (Å²) < 4.78 is 5.70. The molecule has 0 spiro atoms. The lowest BCUT2D eigenvalue weighted by Crippen LogP contribution is -2.74. The number of hydrogen-bond donors (Lipinski definition) is 2. The van der Waals surface area contributed by atoms with Crippen molar-refractivity contribution in [1.82, 2.24) is 4.90 Å². The third-order valence-corrected chi connectivity index (χ3v) is 6.52. The van der Waals surface area contributed by atoms with Crippen molar-refractivity contribution in [1.29, 1.82) is 0 Å². The molecule has 0 bridgehead atoms. The highest BCUT2D eigenvalue weighted by atomic mass is 16.5. The normalized spacial score (nSPS) is 26.9. The molecule has 2 fully saturated rings. The first-order valence-corrected chi connectivity index (χ1v) is 10.4. The number of rotatable bonds is 5. The number of ether oxygens (including phenoxy) is 1. The zero-order valence-electron chi connectivity index (χ0n) is 17.3. The molecule has 6 heteroatoms. The van der Waals surface area contributed by atoms with Crippen molar-refractivity contribution in [3.63, 3.8) is 0 Å². The predicted molar refractivity (Wildman–Crippen MR) is 110 cm³/mol. The molecule has 1 aromatic carbocycles. The first-order valence-electron chi connectivity index (χ1n) is 10.4. The fourth-order valence-corrected chi connectivity index (χ4v) is 4.22. The van der Waals surface area contributed by atoms with Crippen LogP contribution >= 0.6 is 0 Å². The van der Waals surface area contributed by atoms with Crippen LogP contribution in [0.25, 0.3) is 0 Å². The molecule has 1 saturated carbocycles. The first kappa shape index (κ1) is 20.8. The molecule has 154 valence electrons. The monoisotopic (exact) mass is 387 g/mol. The summed E-state index contributed by atoms with van der Waals surface area (Å²) in [4.78, 5) is 27.4. The van der Waals surface area contributed by atoms with Crippen LogP contribution in [0.5, 0.6) is 0 Å². The summed E-state index contributed by atoms with van der Waals surface area (Å²) in [5.74, 6) is -0.144. The van der Waals surface area contributed by atoms with Crippen molar-refractivity contribution in [2.75, 3.05) is 25.0 Å². The lowest BCUT2D eigenvalue weighted by molar-refractivity contribution is -0.166. The van der Waals surface area contributed by atoms with Crippen LogP contribution in [0.3, 0.4) is 0 Å². The van der Waals surface area contributed by atoms with Gasteiger partial charge < -0.3 is 20.7 Å². The van der Waals surface area contributed by atoms with E-state index in [0.717, 1.165) is 25.9 Å². The number of anilines is 1. The van der Waals surface area contributed by atoms with Gasteiger partial charge in [0.2, 0.25) is 5.91 Å². The summed E-state index contributed by atoms with van der Waals surface area (Å²) in [6.45, 7) is 8.14. The van der Waals surface area contributed by atoms with Crippen molar-refractivity contribution in [3.05, 3.63) is 29.8 Å². The lowest BCUT2D eigenvalue weighted by Gasteiger charge is -2.57. The standard InChI is InChI=1S/C22H33N3O3/c1-4-28-18-15-22(23,21(18,2)3)20(27)24-17-11-9-16(10-12-17)19(26)25-13-7-5-6-8-14-25/h9-12,18H,4-8,13-15,23H2,1-3H3,(H,24,27). The minimum absolute atomic E-state index is 0.0122. The molecule has 0 aromatic heterocycles. The van der Waals surface area contributed by atoms with Crippen LogP contribution in [0.1, 0.15) is 63.2 Å². The van der Waals surface area contributed by atoms with E-state index in [-0.39, 0.29) is 17.9 Å². The number of nitrogens with two attached hydrogens (primary N) is 1. The van der Waals surface area contributed by atoms with Crippen molar-refractivity contribution in [2.45, 2.75) is 64.5 Å². The summed E-state index contributed by atoms with van der Waals surface area (Å²) in [7, 11) is 0. The third-order valence-electron chi connectivity index (χ3n) is 6.52. The maximum atomic E-state index is 12.8. The number of nitrogens with one attached hydrogen (secondary N) is 1. The average molecular weight is 388 g/mol. The number of nitrogens with zero attached hydrogens (tertiary/aromatic N) is 1. The van der Waals surface area contributed by atoms with Gasteiger partial charge in [-0.1, -0.05) is 26.7 Å². The molecular weight excluding hydrogens is 354 g/mol. The Morgan fingerprint density at radius 3 is 2.29 bits per heavy atom. The highest BCUT2D eigenvalue weighted by Gasteiger charge is 2.62. The summed E-state index contributed by atoms with van der Waals surface area (Å²) >= 11 is 0. The Hall–Kier alpha value is -1.92. The number of likely N-dealkylation sites (tertiary alicyclic amines) is 1. The molecule has 2 unspecified atom stereocenters. The Balaban J connectivity index is 1.63. The summed E-state index contributed by atoms with van der Waals surface area (Å²) in [6, 6.07) is 7.11. The highest BCUT2D eigenvalue weighted by molar-refractivity contribution is 6.00. The molecule has 3 rings (SSSR count). The molecule has 1 aliphatic heterocycles. The van der Waals surface area contributed by atoms with Gasteiger partial charge in [-0.05, 0) is 44.0 Å². The third kappa shape index (κ3) is 3.80. The topological polar surface area (TPSA) is 84.7 Å². The molecule has 1 saturated heterocycles. The Bertz CT molecular complexity index is 708. The largest absolute Gasteiger partial charge is 0.378 e. The van der Waals surface area contributed by atoms with E-state index in [4.69, 9.17) is 10.5 Å². The van der Waals surface area contributed by atoms with Gasteiger partial charge >= 0.3 is 0 Å². The van der Waals surface area contributed by atoms with Crippen molar-refractivity contribution in [3.8, 4) is 0 Å². The smallest absolute Gasteiger partial charge is 0.253 e. The Morgan fingerprint density at radius 2 is 1.75 bits per heavy atom. The Kier molecular flexibility index (Phi) is 6.10. The molecule has 3 N–H and O–H groups in total. The zero-order valence-corrected chi connectivity index (χ0v) is 17.3. The fraction of sp³-hybridized carbons (Fsp3) is 0.636. The van der Waals surface area contributed by atoms with Crippen LogP contribution in [0, 0.1) is 5.41 Å². The van der Waals surface area contributed by atoms with E-state index in [9.17, 15) is 9.59 Å². The van der Waals surface area contributed by atoms with Crippen molar-refractivity contribution >= 4 is 17.5 Å². The summed E-state index contributed by atoms with van der Waals surface area (Å²) in [6.07, 6.45) is 5.01. The quantitative estimate of drug-likeness (QED) is 0.813. The minimum atomic E-state index is -0.965. The molecule has 1 aromatic rings. The van der Waals surface area contributed by atoms with Gasteiger partial charge in [0.1, 0.15) is 5.54 Å². The van der Waals surface area contributed by atoms with Crippen LogP contribution in [0.4, 0.5) is 5.69 Å². The number of hydrogen-bond acceptors (Lipinski definition) is 4. The Morgan fingerprint density at radius 1 is 1.14 bits per heavy atom. The fourth-order valence-electron chi connectivity index (χ4n) is 4.22. The maximum Gasteiger partial charge on any atom is 0.253 e. The number of benzene rings is 1. The van der Waals surface area contributed by atoms with Gasteiger partial charge in [-0.3, -0.25) is 9.59 Å². The number of carbonyl (C=O) groups excluding carboxylic acids is 2. The molecule has 0 radical (unpaired) electrons. The van der Waals surface area contributed by atoms with Gasteiger partial charge in [-0.2, -0.15) is 0 Å². The van der Waals surface area contributed by atoms with E-state index in [1.807, 2.05) is 25.7 Å². The van der Waals surface area contributed by atoms with E-state index in [2.05, 4.69) is 5.32 Å². The maximum absolute atomic E-state index is 12.8. The van der Waals surface area contributed by atoms with E-state index in [1.54, 1.807) is 24.3 Å². The van der Waals surface area contributed by atoms with E-state index in [0.29, 0.717) is 24.3 Å². The van der Waals surface area contributed by atoms with Crippen molar-refractivity contribution in [2.24, 2.45) is 11.1 Å². The Labute approximate surface area is 167 Å². The molecular formula is C22H33N3O3. The van der Waals surface area contributed by atoms with Gasteiger partial charge in [0.15, 0.2) is 0 Å². The summed E-state index contributed by atoms with van der Waals surface area (Å²) in [5.41, 5.74) is 6.34. The lowest BCUT2D eigenvalue weighted by atomic mass is 9.54. The summed E-state index contributed by atoms with van der Waals surface area (Å²) in [5, 5.41) is 2.91. The molecule has 6 nitrogen and oxygen atoms in total. The van der Waals surface area contributed by atoms with Gasteiger partial charge in [-0.15, -0.1) is 0 Å². The second kappa shape index (κ2) is 8.21. The van der Waals surface area contributed by atoms with E-state index < -0.39 is 11.0 Å². The second-order valence-corrected chi connectivity index (χ2v) is 8.58. The van der Waals surface area contributed by atoms with E-state index in [1.165, 1.54) is 12.8 Å². The molecule has 2 amide bonds. The number of amides is 2.